The van der Waals surface area contributed by atoms with E-state index in [0.717, 1.165) is 29.4 Å². The zero-order valence-corrected chi connectivity index (χ0v) is 14.9. The van der Waals surface area contributed by atoms with Crippen molar-refractivity contribution in [3.8, 4) is 5.75 Å². The van der Waals surface area contributed by atoms with E-state index in [1.54, 1.807) is 6.20 Å². The molecule has 0 unspecified atom stereocenters. The molecule has 0 bridgehead atoms. The minimum Gasteiger partial charge on any atom is -0.487 e. The molecule has 2 aromatic heterocycles. The van der Waals surface area contributed by atoms with Gasteiger partial charge in [-0.15, -0.1) is 0 Å². The molecule has 5 heteroatoms. The average molecular weight is 336 g/mol. The lowest BCUT2D eigenvalue weighted by atomic mass is 9.89. The van der Waals surface area contributed by atoms with Crippen LogP contribution in [0.25, 0.3) is 0 Å². The first-order valence-corrected chi connectivity index (χ1v) is 8.42. The van der Waals surface area contributed by atoms with Crippen molar-refractivity contribution in [1.29, 1.82) is 0 Å². The van der Waals surface area contributed by atoms with E-state index in [9.17, 15) is 0 Å². The Morgan fingerprint density at radius 2 is 1.88 bits per heavy atom. The molecule has 2 heterocycles. The van der Waals surface area contributed by atoms with Gasteiger partial charge in [-0.2, -0.15) is 5.10 Å². The van der Waals surface area contributed by atoms with Gasteiger partial charge < -0.3 is 10.1 Å². The Balaban J connectivity index is 1.55. The first-order chi connectivity index (χ1) is 12.0. The van der Waals surface area contributed by atoms with Crippen LogP contribution in [0.5, 0.6) is 5.75 Å². The van der Waals surface area contributed by atoms with Crippen LogP contribution in [-0.2, 0) is 18.6 Å². The number of hydrogen-bond donors (Lipinski definition) is 2. The molecule has 3 aromatic rings. The van der Waals surface area contributed by atoms with Crippen LogP contribution in [0.3, 0.4) is 0 Å². The molecule has 0 saturated heterocycles. The molecule has 0 radical (unpaired) electrons. The van der Waals surface area contributed by atoms with Crippen LogP contribution in [0.2, 0.25) is 0 Å². The van der Waals surface area contributed by atoms with Crippen molar-refractivity contribution in [3.63, 3.8) is 0 Å². The van der Waals surface area contributed by atoms with Gasteiger partial charge >= 0.3 is 0 Å². The van der Waals surface area contributed by atoms with Gasteiger partial charge in [0.1, 0.15) is 12.4 Å². The smallest absolute Gasteiger partial charge is 0.130 e. The van der Waals surface area contributed by atoms with Crippen molar-refractivity contribution in [2.75, 3.05) is 5.32 Å². The first-order valence-electron chi connectivity index (χ1n) is 8.42. The number of nitrogens with zero attached hydrogens (tertiary/aromatic N) is 2. The Morgan fingerprint density at radius 1 is 1.08 bits per heavy atom. The number of H-pyrrole nitrogens is 1. The number of aromatic amines is 1. The average Bonchev–Trinajstić information content (AvgIpc) is 3.09. The maximum atomic E-state index is 5.76. The van der Waals surface area contributed by atoms with Gasteiger partial charge in [-0.25, -0.2) is 0 Å². The minimum atomic E-state index is 0.0280. The fourth-order valence-electron chi connectivity index (χ4n) is 2.61. The van der Waals surface area contributed by atoms with E-state index < -0.39 is 0 Å². The van der Waals surface area contributed by atoms with Gasteiger partial charge in [-0.3, -0.25) is 10.1 Å². The lowest BCUT2D eigenvalue weighted by molar-refractivity contribution is 0.301. The van der Waals surface area contributed by atoms with Crippen molar-refractivity contribution >= 4 is 5.69 Å². The molecule has 0 fully saturated rings. The maximum Gasteiger partial charge on any atom is 0.130 e. The summed E-state index contributed by atoms with van der Waals surface area (Å²) in [5.74, 6) is 0.829. The predicted molar refractivity (Wildman–Crippen MR) is 99.6 cm³/mol. The third kappa shape index (κ3) is 4.59. The van der Waals surface area contributed by atoms with Gasteiger partial charge in [0.2, 0.25) is 0 Å². The Hall–Kier alpha value is -2.82. The highest BCUT2D eigenvalue weighted by molar-refractivity contribution is 5.47. The Labute approximate surface area is 148 Å². The van der Waals surface area contributed by atoms with Gasteiger partial charge in [0.15, 0.2) is 0 Å². The fourth-order valence-corrected chi connectivity index (χ4v) is 2.61. The van der Waals surface area contributed by atoms with Crippen LogP contribution in [0.4, 0.5) is 5.69 Å². The molecule has 0 atom stereocenters. The van der Waals surface area contributed by atoms with Gasteiger partial charge in [-0.1, -0.05) is 26.8 Å². The van der Waals surface area contributed by atoms with Crippen molar-refractivity contribution in [2.24, 2.45) is 0 Å². The third-order valence-electron chi connectivity index (χ3n) is 3.88. The van der Waals surface area contributed by atoms with E-state index in [1.165, 1.54) is 5.56 Å². The fraction of sp³-hybridized carbons (Fsp3) is 0.300. The largest absolute Gasteiger partial charge is 0.487 e. The monoisotopic (exact) mass is 336 g/mol. The summed E-state index contributed by atoms with van der Waals surface area (Å²) < 4.78 is 5.76. The van der Waals surface area contributed by atoms with Crippen LogP contribution in [0, 0.1) is 0 Å². The summed E-state index contributed by atoms with van der Waals surface area (Å²) in [5.41, 5.74) is 4.27. The summed E-state index contributed by atoms with van der Waals surface area (Å²) >= 11 is 0. The van der Waals surface area contributed by atoms with Gasteiger partial charge in [0.05, 0.1) is 11.4 Å². The predicted octanol–water partition coefficient (Wildman–Crippen LogP) is 4.29. The van der Waals surface area contributed by atoms with E-state index in [0.29, 0.717) is 6.61 Å². The number of rotatable bonds is 6. The number of benzene rings is 1. The third-order valence-corrected chi connectivity index (χ3v) is 3.88. The van der Waals surface area contributed by atoms with E-state index in [-0.39, 0.29) is 5.41 Å². The lowest BCUT2D eigenvalue weighted by Crippen LogP contribution is -2.15. The van der Waals surface area contributed by atoms with E-state index in [1.807, 2.05) is 48.7 Å². The molecular formula is C20H24N4O. The summed E-state index contributed by atoms with van der Waals surface area (Å²) in [7, 11) is 0. The van der Waals surface area contributed by atoms with E-state index in [4.69, 9.17) is 4.74 Å². The van der Waals surface area contributed by atoms with E-state index in [2.05, 4.69) is 41.3 Å². The van der Waals surface area contributed by atoms with Gasteiger partial charge in [0.25, 0.3) is 0 Å². The zero-order valence-electron chi connectivity index (χ0n) is 14.9. The summed E-state index contributed by atoms with van der Waals surface area (Å²) in [6.07, 6.45) is 3.73. The second-order valence-electron chi connectivity index (χ2n) is 7.00. The number of hydrogen-bond acceptors (Lipinski definition) is 4. The van der Waals surface area contributed by atoms with Crippen molar-refractivity contribution in [1.82, 2.24) is 15.2 Å². The molecule has 25 heavy (non-hydrogen) atoms. The molecule has 0 saturated carbocycles. The van der Waals surface area contributed by atoms with Crippen LogP contribution in [0.1, 0.15) is 37.7 Å². The molecule has 0 spiro atoms. The standard InChI is InChI=1S/C20H24N4O/c1-20(2,3)19-15(13-23-24-19)12-22-16-7-9-18(10-8-16)25-14-17-6-4-5-11-21-17/h4-11,13,22H,12,14H2,1-3H3,(H,23,24). The lowest BCUT2D eigenvalue weighted by Gasteiger charge is -2.17. The highest BCUT2D eigenvalue weighted by Gasteiger charge is 2.20. The van der Waals surface area contributed by atoms with Crippen LogP contribution in [0.15, 0.2) is 54.9 Å². The molecule has 130 valence electrons. The van der Waals surface area contributed by atoms with Crippen LogP contribution < -0.4 is 10.1 Å². The quantitative estimate of drug-likeness (QED) is 0.705. The van der Waals surface area contributed by atoms with Gasteiger partial charge in [0, 0.05) is 35.6 Å². The Bertz CT molecular complexity index is 789. The normalized spacial score (nSPS) is 11.3. The number of aromatic nitrogens is 3. The second kappa shape index (κ2) is 7.38. The van der Waals surface area contributed by atoms with Gasteiger partial charge in [-0.05, 0) is 36.4 Å². The van der Waals surface area contributed by atoms with Crippen LogP contribution in [-0.4, -0.2) is 15.2 Å². The van der Waals surface area contributed by atoms with Crippen LogP contribution >= 0.6 is 0 Å². The molecular weight excluding hydrogens is 312 g/mol. The molecule has 1 aromatic carbocycles. The Kier molecular flexibility index (Phi) is 5.03. The summed E-state index contributed by atoms with van der Waals surface area (Å²) in [4.78, 5) is 4.25. The summed E-state index contributed by atoms with van der Waals surface area (Å²) in [6, 6.07) is 13.8. The maximum absolute atomic E-state index is 5.76. The van der Waals surface area contributed by atoms with Crippen molar-refractivity contribution in [2.45, 2.75) is 39.3 Å². The number of anilines is 1. The summed E-state index contributed by atoms with van der Waals surface area (Å²) in [6.45, 7) is 7.70. The molecule has 5 nitrogen and oxygen atoms in total. The molecule has 0 amide bonds. The topological polar surface area (TPSA) is 62.8 Å². The molecule has 2 N–H and O–H groups in total. The van der Waals surface area contributed by atoms with E-state index >= 15 is 0 Å². The van der Waals surface area contributed by atoms with Crippen molar-refractivity contribution < 1.29 is 4.74 Å². The SMILES string of the molecule is CC(C)(C)c1n[nH]cc1CNc1ccc(OCc2ccccn2)cc1. The highest BCUT2D eigenvalue weighted by Crippen LogP contribution is 2.24. The minimum absolute atomic E-state index is 0.0280. The Morgan fingerprint density at radius 3 is 2.56 bits per heavy atom. The highest BCUT2D eigenvalue weighted by atomic mass is 16.5. The first kappa shape index (κ1) is 17.0. The number of nitrogens with one attached hydrogen (secondary N) is 2. The summed E-state index contributed by atoms with van der Waals surface area (Å²) in [5, 5.41) is 10.8. The number of pyridine rings is 1. The van der Waals surface area contributed by atoms with Crippen molar-refractivity contribution in [3.05, 3.63) is 71.8 Å². The molecule has 0 aliphatic heterocycles. The zero-order chi connectivity index (χ0) is 17.7. The molecule has 3 rings (SSSR count). The molecule has 0 aliphatic carbocycles. The molecule has 0 aliphatic rings. The second-order valence-corrected chi connectivity index (χ2v) is 7.00. The number of ether oxygens (including phenoxy) is 1.